The van der Waals surface area contributed by atoms with E-state index in [1.54, 1.807) is 10.9 Å². The smallest absolute Gasteiger partial charge is 0.306 e. The molecule has 0 aliphatic carbocycles. The van der Waals surface area contributed by atoms with E-state index in [-0.39, 0.29) is 16.9 Å². The van der Waals surface area contributed by atoms with Crippen LogP contribution in [0.4, 0.5) is 17.1 Å². The first-order valence-corrected chi connectivity index (χ1v) is 6.14. The van der Waals surface area contributed by atoms with E-state index < -0.39 is 10.8 Å². The summed E-state index contributed by atoms with van der Waals surface area (Å²) in [5.74, 6) is 4.63. The lowest BCUT2D eigenvalue weighted by molar-refractivity contribution is -0.384. The molecule has 21 heavy (non-hydrogen) atoms. The van der Waals surface area contributed by atoms with Crippen molar-refractivity contribution in [2.24, 2.45) is 5.84 Å². The van der Waals surface area contributed by atoms with Crippen LogP contribution >= 0.6 is 0 Å². The van der Waals surface area contributed by atoms with E-state index >= 15 is 0 Å². The average molecular weight is 290 g/mol. The number of rotatable bonds is 5. The monoisotopic (exact) mass is 290 g/mol. The van der Waals surface area contributed by atoms with E-state index in [9.17, 15) is 14.9 Å². The fourth-order valence-electron chi connectivity index (χ4n) is 1.84. The minimum Gasteiger partial charge on any atom is -0.319 e. The number of nitro benzene ring substituents is 1. The summed E-state index contributed by atoms with van der Waals surface area (Å²) in [6.07, 6.45) is 3.10. The summed E-state index contributed by atoms with van der Waals surface area (Å²) < 4.78 is 1.63. The summed E-state index contributed by atoms with van der Waals surface area (Å²) in [5.41, 5.74) is 2.28. The fourth-order valence-corrected chi connectivity index (χ4v) is 1.84. The molecule has 1 aromatic carbocycles. The Labute approximate surface area is 119 Å². The number of carbonyl (C=O) groups excluding carboxylic acids is 1. The third kappa shape index (κ3) is 2.98. The summed E-state index contributed by atoms with van der Waals surface area (Å²) in [4.78, 5) is 22.7. The minimum absolute atomic E-state index is 0.0666. The van der Waals surface area contributed by atoms with Crippen LogP contribution in [0.2, 0.25) is 0 Å². The molecule has 1 heterocycles. The molecule has 1 amide bonds. The molecule has 0 spiro atoms. The number of hydrogen-bond donors (Lipinski definition) is 3. The Bertz CT molecular complexity index is 681. The molecule has 0 radical (unpaired) electrons. The Hall–Kier alpha value is -2.94. The van der Waals surface area contributed by atoms with Crippen LogP contribution < -0.4 is 16.6 Å². The molecule has 2 rings (SSSR count). The van der Waals surface area contributed by atoms with Gasteiger partial charge >= 0.3 is 5.69 Å². The van der Waals surface area contributed by atoms with Gasteiger partial charge in [-0.1, -0.05) is 6.07 Å². The van der Waals surface area contributed by atoms with E-state index in [1.807, 2.05) is 6.92 Å². The number of nitro groups is 1. The van der Waals surface area contributed by atoms with Crippen molar-refractivity contribution in [1.29, 1.82) is 0 Å². The Morgan fingerprint density at radius 1 is 1.52 bits per heavy atom. The first kappa shape index (κ1) is 14.5. The lowest BCUT2D eigenvalue weighted by Gasteiger charge is -2.07. The molecule has 0 unspecified atom stereocenters. The molecule has 0 aliphatic rings. The van der Waals surface area contributed by atoms with Crippen LogP contribution in [0, 0.1) is 10.1 Å². The van der Waals surface area contributed by atoms with Crippen LogP contribution in [-0.4, -0.2) is 20.6 Å². The summed E-state index contributed by atoms with van der Waals surface area (Å²) in [7, 11) is 0. The molecule has 0 fully saturated rings. The van der Waals surface area contributed by atoms with E-state index in [1.165, 1.54) is 24.4 Å². The fraction of sp³-hybridized carbons (Fsp3) is 0.167. The summed E-state index contributed by atoms with van der Waals surface area (Å²) >= 11 is 0. The largest absolute Gasteiger partial charge is 0.319 e. The number of hydrogen-bond acceptors (Lipinski definition) is 6. The maximum atomic E-state index is 12.2. The quantitative estimate of drug-likeness (QED) is 0.433. The van der Waals surface area contributed by atoms with Crippen molar-refractivity contribution in [3.63, 3.8) is 0 Å². The van der Waals surface area contributed by atoms with Crippen LogP contribution in [0.5, 0.6) is 0 Å². The number of carbonyl (C=O) groups is 1. The molecule has 9 heteroatoms. The number of nitrogen functional groups attached to an aromatic ring is 1. The molecule has 0 saturated heterocycles. The Balaban J connectivity index is 2.32. The second-order valence-electron chi connectivity index (χ2n) is 4.14. The van der Waals surface area contributed by atoms with Gasteiger partial charge in [0.05, 0.1) is 16.8 Å². The lowest BCUT2D eigenvalue weighted by Crippen LogP contribution is -2.16. The molecular weight excluding hydrogens is 276 g/mol. The van der Waals surface area contributed by atoms with Crippen LogP contribution in [0.15, 0.2) is 30.6 Å². The average Bonchev–Trinajstić information content (AvgIpc) is 2.93. The SMILES string of the molecule is CCn1cc(NC(=O)c2cccc(NN)c2[N+](=O)[O-])cn1. The van der Waals surface area contributed by atoms with Crippen molar-refractivity contribution in [2.75, 3.05) is 10.7 Å². The van der Waals surface area contributed by atoms with Gasteiger partial charge in [-0.25, -0.2) is 0 Å². The predicted molar refractivity (Wildman–Crippen MR) is 76.8 cm³/mol. The molecule has 0 atom stereocenters. The van der Waals surface area contributed by atoms with Gasteiger partial charge in [0.1, 0.15) is 11.3 Å². The highest BCUT2D eigenvalue weighted by Crippen LogP contribution is 2.28. The van der Waals surface area contributed by atoms with Crippen LogP contribution in [0.3, 0.4) is 0 Å². The Morgan fingerprint density at radius 2 is 2.29 bits per heavy atom. The highest BCUT2D eigenvalue weighted by Gasteiger charge is 2.24. The number of aryl methyl sites for hydroxylation is 1. The number of hydrazine groups is 1. The number of para-hydroxylation sites is 1. The van der Waals surface area contributed by atoms with Gasteiger partial charge in [0.15, 0.2) is 0 Å². The van der Waals surface area contributed by atoms with Gasteiger partial charge in [0.2, 0.25) is 0 Å². The molecular formula is C12H14N6O3. The van der Waals surface area contributed by atoms with Crippen LogP contribution in [0.25, 0.3) is 0 Å². The van der Waals surface area contributed by atoms with E-state index in [0.717, 1.165) is 0 Å². The molecule has 0 aliphatic heterocycles. The Morgan fingerprint density at radius 3 is 2.86 bits per heavy atom. The number of amides is 1. The summed E-state index contributed by atoms with van der Waals surface area (Å²) in [6, 6.07) is 4.29. The van der Waals surface area contributed by atoms with Crippen molar-refractivity contribution in [1.82, 2.24) is 9.78 Å². The van der Waals surface area contributed by atoms with Gasteiger partial charge in [-0.15, -0.1) is 0 Å². The second-order valence-corrected chi connectivity index (χ2v) is 4.14. The minimum atomic E-state index is -0.653. The molecule has 9 nitrogen and oxygen atoms in total. The van der Waals surface area contributed by atoms with Gasteiger partial charge in [-0.2, -0.15) is 5.10 Å². The topological polar surface area (TPSA) is 128 Å². The third-order valence-electron chi connectivity index (χ3n) is 2.83. The maximum absolute atomic E-state index is 12.2. The molecule has 1 aromatic heterocycles. The molecule has 110 valence electrons. The second kappa shape index (κ2) is 6.01. The highest BCUT2D eigenvalue weighted by atomic mass is 16.6. The maximum Gasteiger partial charge on any atom is 0.306 e. The van der Waals surface area contributed by atoms with E-state index in [4.69, 9.17) is 5.84 Å². The normalized spacial score (nSPS) is 10.2. The highest BCUT2D eigenvalue weighted by molar-refractivity contribution is 6.08. The van der Waals surface area contributed by atoms with Gasteiger partial charge in [-0.3, -0.25) is 25.4 Å². The zero-order chi connectivity index (χ0) is 15.4. The van der Waals surface area contributed by atoms with Crippen LogP contribution in [-0.2, 0) is 6.54 Å². The molecule has 0 saturated carbocycles. The Kier molecular flexibility index (Phi) is 4.14. The molecule has 2 aromatic rings. The standard InChI is InChI=1S/C12H14N6O3/c1-2-17-7-8(6-14-17)15-12(19)9-4-3-5-10(16-13)11(9)18(20)21/h3-7,16H,2,13H2,1H3,(H,15,19). The van der Waals surface area contributed by atoms with Gasteiger partial charge < -0.3 is 10.7 Å². The van der Waals surface area contributed by atoms with Crippen molar-refractivity contribution >= 4 is 23.0 Å². The lowest BCUT2D eigenvalue weighted by atomic mass is 10.1. The number of nitrogens with one attached hydrogen (secondary N) is 2. The van der Waals surface area contributed by atoms with E-state index in [0.29, 0.717) is 12.2 Å². The van der Waals surface area contributed by atoms with Crippen molar-refractivity contribution in [3.8, 4) is 0 Å². The van der Waals surface area contributed by atoms with E-state index in [2.05, 4.69) is 15.8 Å². The number of aromatic nitrogens is 2. The summed E-state index contributed by atoms with van der Waals surface area (Å²) in [5, 5.41) is 17.7. The molecule has 0 bridgehead atoms. The molecule has 4 N–H and O–H groups in total. The third-order valence-corrected chi connectivity index (χ3v) is 2.83. The zero-order valence-corrected chi connectivity index (χ0v) is 11.2. The van der Waals surface area contributed by atoms with Gasteiger partial charge in [0, 0.05) is 12.7 Å². The van der Waals surface area contributed by atoms with Crippen molar-refractivity contribution in [2.45, 2.75) is 13.5 Å². The summed E-state index contributed by atoms with van der Waals surface area (Å²) in [6.45, 7) is 2.56. The predicted octanol–water partition coefficient (Wildman–Crippen LogP) is 1.35. The first-order chi connectivity index (χ1) is 10.1. The number of nitrogens with two attached hydrogens (primary N) is 1. The van der Waals surface area contributed by atoms with Crippen molar-refractivity contribution < 1.29 is 9.72 Å². The first-order valence-electron chi connectivity index (χ1n) is 6.14. The number of nitrogens with zero attached hydrogens (tertiary/aromatic N) is 3. The van der Waals surface area contributed by atoms with Gasteiger partial charge in [0.25, 0.3) is 5.91 Å². The van der Waals surface area contributed by atoms with Crippen LogP contribution in [0.1, 0.15) is 17.3 Å². The number of benzene rings is 1. The van der Waals surface area contributed by atoms with Crippen molar-refractivity contribution in [3.05, 3.63) is 46.3 Å². The van der Waals surface area contributed by atoms with Gasteiger partial charge in [-0.05, 0) is 19.1 Å². The number of anilines is 2. The zero-order valence-electron chi connectivity index (χ0n) is 11.2.